The van der Waals surface area contributed by atoms with E-state index in [0.29, 0.717) is 0 Å². The van der Waals surface area contributed by atoms with Crippen LogP contribution in [0.3, 0.4) is 0 Å². The van der Waals surface area contributed by atoms with Gasteiger partial charge in [-0.1, -0.05) is 237 Å². The molecule has 0 aromatic heterocycles. The Morgan fingerprint density at radius 1 is 0.333 bits per heavy atom. The maximum Gasteiger partial charge on any atom is 0.0540 e. The molecule has 1 atom stereocenters. The van der Waals surface area contributed by atoms with Gasteiger partial charge in [0.2, 0.25) is 0 Å². The van der Waals surface area contributed by atoms with E-state index in [2.05, 4.69) is 286 Å². The molecule has 0 N–H and O–H groups in total. The van der Waals surface area contributed by atoms with E-state index in [1.807, 2.05) is 0 Å². The lowest BCUT2D eigenvalue weighted by Crippen LogP contribution is -2.22. The second-order valence-corrected chi connectivity index (χ2v) is 23.1. The summed E-state index contributed by atoms with van der Waals surface area (Å²) in [4.78, 5) is 2.51. The minimum atomic E-state index is -0.350. The second-order valence-electron chi connectivity index (χ2n) is 23.1. The molecule has 0 saturated carbocycles. The first kappa shape index (κ1) is 45.4. The van der Waals surface area contributed by atoms with E-state index in [9.17, 15) is 0 Å². The Bertz CT molecular complexity index is 3710. The molecular formula is C71H63N. The van der Waals surface area contributed by atoms with Crippen molar-refractivity contribution in [1.29, 1.82) is 0 Å². The average Bonchev–Trinajstić information content (AvgIpc) is 3.79. The van der Waals surface area contributed by atoms with Gasteiger partial charge in [-0.2, -0.15) is 0 Å². The molecule has 1 unspecified atom stereocenters. The van der Waals surface area contributed by atoms with E-state index in [1.54, 1.807) is 0 Å². The highest BCUT2D eigenvalue weighted by atomic mass is 15.1. The number of hydrogen-bond acceptors (Lipinski definition) is 1. The molecule has 0 aliphatic heterocycles. The highest BCUT2D eigenvalue weighted by molar-refractivity contribution is 6.09. The van der Waals surface area contributed by atoms with Crippen molar-refractivity contribution in [2.75, 3.05) is 4.90 Å². The molecule has 10 aromatic rings. The quantitative estimate of drug-likeness (QED) is 0.154. The lowest BCUT2D eigenvalue weighted by atomic mass is 9.74. The number of hydrogen-bond donors (Lipinski definition) is 0. The summed E-state index contributed by atoms with van der Waals surface area (Å²) in [5.41, 5.74) is 24.9. The van der Waals surface area contributed by atoms with Gasteiger partial charge in [-0.3, -0.25) is 0 Å². The van der Waals surface area contributed by atoms with Crippen molar-refractivity contribution in [1.82, 2.24) is 0 Å². The molecule has 0 radical (unpaired) electrons. The molecule has 1 nitrogen and oxygen atoms in total. The zero-order valence-corrected chi connectivity index (χ0v) is 43.2. The van der Waals surface area contributed by atoms with E-state index in [0.717, 1.165) is 17.1 Å². The molecule has 1 heteroatoms. The summed E-state index contributed by atoms with van der Waals surface area (Å²) >= 11 is 0. The van der Waals surface area contributed by atoms with Gasteiger partial charge in [-0.25, -0.2) is 0 Å². The third-order valence-corrected chi connectivity index (χ3v) is 16.3. The second kappa shape index (κ2) is 16.7. The summed E-state index contributed by atoms with van der Waals surface area (Å²) < 4.78 is 0. The molecule has 0 bridgehead atoms. The summed E-state index contributed by atoms with van der Waals surface area (Å²) in [6, 6.07) is 82.6. The Kier molecular flexibility index (Phi) is 10.5. The van der Waals surface area contributed by atoms with E-state index >= 15 is 0 Å². The standard InChI is InChI=1S/C71H63N/c1-68(2,3)51-41-49(42-52(44-51)69(4,5)6)55-28-19-21-47-22-20-29-61(67(47)55)60-27-15-18-32-66(60)72(54-38-40-59-57-26-14-17-31-63(57)71(9,65(59)45-54)50-23-11-10-12-24-50)53-36-33-46(34-37-53)48-35-39-58-56-25-13-16-30-62(56)70(7,8)64(58)43-48/h10-45H,1-9H3. The summed E-state index contributed by atoms with van der Waals surface area (Å²) in [5, 5.41) is 2.49. The number of nitrogens with zero attached hydrogens (tertiary/aromatic N) is 1. The summed E-state index contributed by atoms with van der Waals surface area (Å²) in [6.45, 7) is 21.1. The van der Waals surface area contributed by atoms with Gasteiger partial charge in [0.25, 0.3) is 0 Å². The van der Waals surface area contributed by atoms with Gasteiger partial charge in [0.05, 0.1) is 5.69 Å². The van der Waals surface area contributed by atoms with Gasteiger partial charge in [-0.15, -0.1) is 0 Å². The summed E-state index contributed by atoms with van der Waals surface area (Å²) in [7, 11) is 0. The molecule has 0 fully saturated rings. The van der Waals surface area contributed by atoms with Crippen LogP contribution in [-0.2, 0) is 21.7 Å². The number of anilines is 3. The third-order valence-electron chi connectivity index (χ3n) is 16.3. The van der Waals surface area contributed by atoms with Crippen molar-refractivity contribution >= 4 is 27.8 Å². The van der Waals surface area contributed by atoms with Crippen molar-refractivity contribution in [2.45, 2.75) is 84.0 Å². The molecular weight excluding hydrogens is 867 g/mol. The van der Waals surface area contributed by atoms with Gasteiger partial charge in [0, 0.05) is 27.8 Å². The van der Waals surface area contributed by atoms with Crippen molar-refractivity contribution in [3.8, 4) is 55.6 Å². The maximum absolute atomic E-state index is 2.51. The van der Waals surface area contributed by atoms with Crippen molar-refractivity contribution in [2.24, 2.45) is 0 Å². The van der Waals surface area contributed by atoms with Crippen LogP contribution >= 0.6 is 0 Å². The van der Waals surface area contributed by atoms with Crippen LogP contribution in [0.1, 0.15) is 101 Å². The SMILES string of the molecule is CC(C)(C)c1cc(-c2cccc3cccc(-c4ccccc4N(c4ccc(-c5ccc6c(c5)C(C)(C)c5ccccc5-6)cc4)c4ccc5c(c4)C(C)(c4ccccc4)c4ccccc4-5)c23)cc(C(C)(C)C)c1. The summed E-state index contributed by atoms with van der Waals surface area (Å²) in [6.07, 6.45) is 0. The number of benzene rings is 10. The van der Waals surface area contributed by atoms with Crippen LogP contribution < -0.4 is 4.90 Å². The summed E-state index contributed by atoms with van der Waals surface area (Å²) in [5.74, 6) is 0. The van der Waals surface area contributed by atoms with Gasteiger partial charge >= 0.3 is 0 Å². The Labute approximate surface area is 427 Å². The van der Waals surface area contributed by atoms with Gasteiger partial charge in [0.1, 0.15) is 0 Å². The van der Waals surface area contributed by atoms with Crippen molar-refractivity contribution in [3.05, 3.63) is 257 Å². The molecule has 0 saturated heterocycles. The van der Waals surface area contributed by atoms with Crippen LogP contribution in [0, 0.1) is 0 Å². The smallest absolute Gasteiger partial charge is 0.0540 e. The fourth-order valence-corrected chi connectivity index (χ4v) is 12.2. The number of fused-ring (bicyclic) bond motifs is 7. The Balaban J connectivity index is 1.06. The first-order valence-corrected chi connectivity index (χ1v) is 25.8. The lowest BCUT2D eigenvalue weighted by Gasteiger charge is -2.32. The average molecular weight is 930 g/mol. The van der Waals surface area contributed by atoms with Gasteiger partial charge in [-0.05, 0) is 154 Å². The van der Waals surface area contributed by atoms with Crippen LogP contribution in [0.2, 0.25) is 0 Å². The number of rotatable bonds is 7. The lowest BCUT2D eigenvalue weighted by molar-refractivity contribution is 0.569. The van der Waals surface area contributed by atoms with Gasteiger partial charge in [0.15, 0.2) is 0 Å². The highest BCUT2D eigenvalue weighted by Crippen LogP contribution is 2.55. The normalized spacial score (nSPS) is 15.5. The van der Waals surface area contributed by atoms with Crippen LogP contribution in [0.15, 0.2) is 218 Å². The Morgan fingerprint density at radius 3 is 1.53 bits per heavy atom. The fourth-order valence-electron chi connectivity index (χ4n) is 12.2. The minimum absolute atomic E-state index is 0.0110. The highest BCUT2D eigenvalue weighted by Gasteiger charge is 2.41. The van der Waals surface area contributed by atoms with Crippen molar-refractivity contribution in [3.63, 3.8) is 0 Å². The first-order valence-electron chi connectivity index (χ1n) is 25.8. The van der Waals surface area contributed by atoms with Crippen LogP contribution in [0.4, 0.5) is 17.1 Å². The van der Waals surface area contributed by atoms with E-state index in [-0.39, 0.29) is 21.7 Å². The predicted molar refractivity (Wildman–Crippen MR) is 307 cm³/mol. The molecule has 0 amide bonds. The Morgan fingerprint density at radius 2 is 0.847 bits per heavy atom. The Hall–Kier alpha value is -7.74. The molecule has 2 aliphatic carbocycles. The molecule has 72 heavy (non-hydrogen) atoms. The van der Waals surface area contributed by atoms with E-state index in [1.165, 1.54) is 105 Å². The molecule has 0 spiro atoms. The van der Waals surface area contributed by atoms with Crippen LogP contribution in [-0.4, -0.2) is 0 Å². The molecule has 352 valence electrons. The zero-order valence-electron chi connectivity index (χ0n) is 43.2. The fraction of sp³-hybridized carbons (Fsp3) is 0.183. The first-order chi connectivity index (χ1) is 34.6. The number of para-hydroxylation sites is 1. The monoisotopic (exact) mass is 929 g/mol. The minimum Gasteiger partial charge on any atom is -0.310 e. The third kappa shape index (κ3) is 7.27. The topological polar surface area (TPSA) is 3.24 Å². The molecule has 12 rings (SSSR count). The maximum atomic E-state index is 2.51. The van der Waals surface area contributed by atoms with Crippen LogP contribution in [0.5, 0.6) is 0 Å². The molecule has 0 heterocycles. The van der Waals surface area contributed by atoms with E-state index < -0.39 is 0 Å². The largest absolute Gasteiger partial charge is 0.310 e. The van der Waals surface area contributed by atoms with E-state index in [4.69, 9.17) is 0 Å². The molecule has 10 aromatic carbocycles. The van der Waals surface area contributed by atoms with Crippen LogP contribution in [0.25, 0.3) is 66.4 Å². The van der Waals surface area contributed by atoms with Crippen molar-refractivity contribution < 1.29 is 0 Å². The molecule has 2 aliphatic rings. The zero-order chi connectivity index (χ0) is 49.7. The van der Waals surface area contributed by atoms with Gasteiger partial charge < -0.3 is 4.90 Å². The predicted octanol–water partition coefficient (Wildman–Crippen LogP) is 19.5.